The molecule has 0 heterocycles. The summed E-state index contributed by atoms with van der Waals surface area (Å²) >= 11 is 0. The molecular formula is C78H151NO5. The summed E-state index contributed by atoms with van der Waals surface area (Å²) in [6.45, 7) is 4.95. The smallest absolute Gasteiger partial charge is 0.305 e. The zero-order valence-electron chi connectivity index (χ0n) is 57.2. The van der Waals surface area contributed by atoms with Gasteiger partial charge in [0.15, 0.2) is 0 Å². The molecule has 2 unspecified atom stereocenters. The zero-order chi connectivity index (χ0) is 60.6. The Morgan fingerprint density at radius 1 is 0.321 bits per heavy atom. The van der Waals surface area contributed by atoms with Gasteiger partial charge in [-0.2, -0.15) is 0 Å². The van der Waals surface area contributed by atoms with E-state index in [0.717, 1.165) is 38.5 Å². The summed E-state index contributed by atoms with van der Waals surface area (Å²) in [6, 6.07) is -0.626. The lowest BCUT2D eigenvalue weighted by molar-refractivity contribution is -0.143. The van der Waals surface area contributed by atoms with Crippen molar-refractivity contribution in [2.75, 3.05) is 13.2 Å². The number of allylic oxidation sites excluding steroid dienone is 3. The Bertz CT molecular complexity index is 1320. The molecular weight excluding hydrogens is 1030 g/mol. The SMILES string of the molecule is CCCCCCCC/C=C\CCCCCCCCCCCC(=O)OCCCCCCCCCCCCCCCCCCCCCCCCCCCCCCCC(=O)NC(CO)C(O)/C=C/CCCCCCCCCCCCCCCCCCC. The number of hydrogen-bond acceptors (Lipinski definition) is 5. The Morgan fingerprint density at radius 3 is 0.845 bits per heavy atom. The normalized spacial score (nSPS) is 12.6. The van der Waals surface area contributed by atoms with Crippen LogP contribution in [-0.2, 0) is 14.3 Å². The van der Waals surface area contributed by atoms with Gasteiger partial charge in [0.2, 0.25) is 5.91 Å². The van der Waals surface area contributed by atoms with Crippen LogP contribution in [-0.4, -0.2) is 47.4 Å². The fourth-order valence-corrected chi connectivity index (χ4v) is 12.3. The first-order valence-corrected chi connectivity index (χ1v) is 38.6. The second kappa shape index (κ2) is 73.8. The van der Waals surface area contributed by atoms with Gasteiger partial charge in [-0.25, -0.2) is 0 Å². The van der Waals surface area contributed by atoms with E-state index >= 15 is 0 Å². The molecule has 6 nitrogen and oxygen atoms in total. The van der Waals surface area contributed by atoms with E-state index in [9.17, 15) is 19.8 Å². The Balaban J connectivity index is 3.34. The molecule has 0 aromatic heterocycles. The van der Waals surface area contributed by atoms with Crippen molar-refractivity contribution >= 4 is 11.9 Å². The highest BCUT2D eigenvalue weighted by atomic mass is 16.5. The second-order valence-corrected chi connectivity index (χ2v) is 26.7. The fraction of sp³-hybridized carbons (Fsp3) is 0.923. The molecule has 84 heavy (non-hydrogen) atoms. The number of nitrogens with one attached hydrogen (secondary N) is 1. The predicted molar refractivity (Wildman–Crippen MR) is 370 cm³/mol. The fourth-order valence-electron chi connectivity index (χ4n) is 12.3. The first-order chi connectivity index (χ1) is 41.5. The minimum absolute atomic E-state index is 0.0197. The van der Waals surface area contributed by atoms with Crippen LogP contribution in [0, 0.1) is 0 Å². The lowest BCUT2D eigenvalue weighted by Crippen LogP contribution is -2.45. The molecule has 2 atom stereocenters. The summed E-state index contributed by atoms with van der Waals surface area (Å²) < 4.78 is 5.52. The van der Waals surface area contributed by atoms with E-state index < -0.39 is 12.1 Å². The Labute approximate surface area is 526 Å². The molecule has 0 radical (unpaired) electrons. The average Bonchev–Trinajstić information content (AvgIpc) is 3.51. The van der Waals surface area contributed by atoms with E-state index in [1.54, 1.807) is 6.08 Å². The summed E-state index contributed by atoms with van der Waals surface area (Å²) in [5.41, 5.74) is 0. The maximum Gasteiger partial charge on any atom is 0.305 e. The van der Waals surface area contributed by atoms with Crippen LogP contribution in [0.5, 0.6) is 0 Å². The molecule has 0 aliphatic rings. The molecule has 0 fully saturated rings. The maximum atomic E-state index is 12.5. The molecule has 1 amide bonds. The number of esters is 1. The number of amides is 1. The van der Waals surface area contributed by atoms with Crippen molar-refractivity contribution in [2.45, 2.75) is 450 Å². The standard InChI is InChI=1S/C78H151NO5/c1-3-5-7-9-11-13-15-17-19-21-34-38-42-46-50-54-58-62-66-70-76(81)75(74-80)79-77(82)71-67-63-59-55-51-47-43-39-36-32-30-28-26-24-23-25-27-29-31-33-37-41-45-49-53-57-61-65-69-73-84-78(83)72-68-64-60-56-52-48-44-40-35-22-20-18-16-14-12-10-8-6-4-2/h18,20,66,70,75-76,80-81H,3-17,19,21-65,67-69,71-74H2,1-2H3,(H,79,82)/b20-18-,70-66+. The second-order valence-electron chi connectivity index (χ2n) is 26.7. The van der Waals surface area contributed by atoms with E-state index in [4.69, 9.17) is 4.74 Å². The number of carbonyl (C=O) groups excluding carboxylic acids is 2. The number of aliphatic hydroxyl groups excluding tert-OH is 2. The molecule has 0 bridgehead atoms. The molecule has 3 N–H and O–H groups in total. The number of hydrogen-bond donors (Lipinski definition) is 3. The van der Waals surface area contributed by atoms with Crippen molar-refractivity contribution < 1.29 is 24.5 Å². The van der Waals surface area contributed by atoms with Gasteiger partial charge in [0, 0.05) is 12.8 Å². The van der Waals surface area contributed by atoms with Crippen LogP contribution in [0.1, 0.15) is 438 Å². The van der Waals surface area contributed by atoms with Crippen LogP contribution >= 0.6 is 0 Å². The highest BCUT2D eigenvalue weighted by molar-refractivity contribution is 5.76. The topological polar surface area (TPSA) is 95.9 Å². The molecule has 6 heteroatoms. The highest BCUT2D eigenvalue weighted by Gasteiger charge is 2.18. The monoisotopic (exact) mass is 1180 g/mol. The van der Waals surface area contributed by atoms with Gasteiger partial charge < -0.3 is 20.3 Å². The lowest BCUT2D eigenvalue weighted by Gasteiger charge is -2.20. The summed E-state index contributed by atoms with van der Waals surface area (Å²) in [5.74, 6) is -0.0404. The maximum absolute atomic E-state index is 12.5. The third-order valence-electron chi connectivity index (χ3n) is 18.2. The third-order valence-corrected chi connectivity index (χ3v) is 18.2. The third kappa shape index (κ3) is 69.4. The molecule has 0 rings (SSSR count). The Morgan fingerprint density at radius 2 is 0.560 bits per heavy atom. The van der Waals surface area contributed by atoms with Gasteiger partial charge >= 0.3 is 5.97 Å². The number of aliphatic hydroxyl groups is 2. The predicted octanol–water partition coefficient (Wildman–Crippen LogP) is 25.3. The van der Waals surface area contributed by atoms with E-state index in [-0.39, 0.29) is 18.5 Å². The van der Waals surface area contributed by atoms with Crippen LogP contribution in [0.3, 0.4) is 0 Å². The Hall–Kier alpha value is -1.66. The van der Waals surface area contributed by atoms with E-state index in [1.165, 1.54) is 372 Å². The number of unbranched alkanes of at least 4 members (excludes halogenated alkanes) is 60. The number of rotatable bonds is 73. The molecule has 0 aromatic rings. The minimum atomic E-state index is -0.843. The molecule has 498 valence electrons. The summed E-state index contributed by atoms with van der Waals surface area (Å²) in [4.78, 5) is 24.7. The molecule has 0 saturated heterocycles. The van der Waals surface area contributed by atoms with Crippen molar-refractivity contribution in [3.8, 4) is 0 Å². The van der Waals surface area contributed by atoms with Crippen molar-refractivity contribution in [1.29, 1.82) is 0 Å². The van der Waals surface area contributed by atoms with Gasteiger partial charge in [0.05, 0.1) is 25.4 Å². The van der Waals surface area contributed by atoms with Crippen molar-refractivity contribution in [3.63, 3.8) is 0 Å². The summed E-state index contributed by atoms with van der Waals surface area (Å²) in [7, 11) is 0. The summed E-state index contributed by atoms with van der Waals surface area (Å²) in [5, 5.41) is 23.3. The van der Waals surface area contributed by atoms with E-state index in [2.05, 4.69) is 31.3 Å². The minimum Gasteiger partial charge on any atom is -0.466 e. The van der Waals surface area contributed by atoms with Gasteiger partial charge in [0.1, 0.15) is 0 Å². The van der Waals surface area contributed by atoms with Gasteiger partial charge in [-0.1, -0.05) is 391 Å². The van der Waals surface area contributed by atoms with Crippen LogP contribution in [0.2, 0.25) is 0 Å². The largest absolute Gasteiger partial charge is 0.466 e. The molecule has 0 saturated carbocycles. The van der Waals surface area contributed by atoms with Crippen molar-refractivity contribution in [2.24, 2.45) is 0 Å². The highest BCUT2D eigenvalue weighted by Crippen LogP contribution is 2.20. The lowest BCUT2D eigenvalue weighted by atomic mass is 10.0. The molecule has 0 spiro atoms. The molecule has 0 aromatic carbocycles. The first-order valence-electron chi connectivity index (χ1n) is 38.6. The van der Waals surface area contributed by atoms with E-state index in [1.807, 2.05) is 6.08 Å². The average molecular weight is 1180 g/mol. The Kier molecular flexibility index (Phi) is 72.3. The van der Waals surface area contributed by atoms with Crippen molar-refractivity contribution in [1.82, 2.24) is 5.32 Å². The van der Waals surface area contributed by atoms with Gasteiger partial charge in [-0.3, -0.25) is 9.59 Å². The van der Waals surface area contributed by atoms with Gasteiger partial charge in [0.25, 0.3) is 0 Å². The van der Waals surface area contributed by atoms with Crippen LogP contribution in [0.15, 0.2) is 24.3 Å². The number of ether oxygens (including phenoxy) is 1. The van der Waals surface area contributed by atoms with Crippen LogP contribution in [0.4, 0.5) is 0 Å². The zero-order valence-corrected chi connectivity index (χ0v) is 57.2. The van der Waals surface area contributed by atoms with Crippen molar-refractivity contribution in [3.05, 3.63) is 24.3 Å². The molecule has 0 aliphatic heterocycles. The van der Waals surface area contributed by atoms with Crippen LogP contribution in [0.25, 0.3) is 0 Å². The molecule has 0 aliphatic carbocycles. The van der Waals surface area contributed by atoms with E-state index in [0.29, 0.717) is 19.4 Å². The first kappa shape index (κ1) is 82.3. The van der Waals surface area contributed by atoms with Crippen LogP contribution < -0.4 is 5.32 Å². The van der Waals surface area contributed by atoms with Gasteiger partial charge in [-0.15, -0.1) is 0 Å². The summed E-state index contributed by atoms with van der Waals surface area (Å²) in [6.07, 6.45) is 94.3. The van der Waals surface area contributed by atoms with Gasteiger partial charge in [-0.05, 0) is 57.8 Å². The number of carbonyl (C=O) groups is 2. The quantitative estimate of drug-likeness (QED) is 0.0320.